The number of fused-ring (bicyclic) bond motifs is 3. The molecule has 158 valence electrons. The number of aliphatic hydroxyl groups is 1. The van der Waals surface area contributed by atoms with E-state index in [1.165, 1.54) is 10.4 Å². The van der Waals surface area contributed by atoms with Crippen LogP contribution >= 0.6 is 11.3 Å². The summed E-state index contributed by atoms with van der Waals surface area (Å²) in [4.78, 5) is 23.6. The van der Waals surface area contributed by atoms with Crippen LogP contribution < -0.4 is 15.4 Å². The van der Waals surface area contributed by atoms with Crippen LogP contribution in [-0.2, 0) is 11.2 Å². The maximum atomic E-state index is 12.3. The van der Waals surface area contributed by atoms with E-state index in [0.717, 1.165) is 48.7 Å². The van der Waals surface area contributed by atoms with E-state index in [1.54, 1.807) is 24.6 Å². The summed E-state index contributed by atoms with van der Waals surface area (Å²) in [5.74, 6) is 0.811. The average Bonchev–Trinajstić information content (AvgIpc) is 3.27. The Kier molecular flexibility index (Phi) is 6.32. The molecule has 4 rings (SSSR count). The zero-order chi connectivity index (χ0) is 20.4. The van der Waals surface area contributed by atoms with Crippen molar-refractivity contribution >= 4 is 27.5 Å². The summed E-state index contributed by atoms with van der Waals surface area (Å²) in [5.41, 5.74) is 1.21. The molecule has 29 heavy (non-hydrogen) atoms. The second kappa shape index (κ2) is 8.93. The Morgan fingerprint density at radius 3 is 2.83 bits per heavy atom. The Bertz CT molecular complexity index is 861. The third-order valence-electron chi connectivity index (χ3n) is 6.08. The van der Waals surface area contributed by atoms with Crippen molar-refractivity contribution in [1.82, 2.24) is 20.6 Å². The highest BCUT2D eigenvalue weighted by atomic mass is 32.1. The quantitative estimate of drug-likeness (QED) is 0.639. The molecule has 7 nitrogen and oxygen atoms in total. The van der Waals surface area contributed by atoms with Gasteiger partial charge in [-0.05, 0) is 64.0 Å². The first kappa shape index (κ1) is 20.5. The third kappa shape index (κ3) is 4.54. The second-order valence-electron chi connectivity index (χ2n) is 8.27. The summed E-state index contributed by atoms with van der Waals surface area (Å²) >= 11 is 1.70. The van der Waals surface area contributed by atoms with Gasteiger partial charge in [0, 0.05) is 23.9 Å². The molecule has 2 heterocycles. The van der Waals surface area contributed by atoms with Crippen LogP contribution in [-0.4, -0.2) is 52.8 Å². The smallest absolute Gasteiger partial charge is 0.225 e. The minimum Gasteiger partial charge on any atom is -0.474 e. The molecule has 1 saturated carbocycles. The van der Waals surface area contributed by atoms with Gasteiger partial charge in [-0.1, -0.05) is 0 Å². The Balaban J connectivity index is 1.53. The Hall–Kier alpha value is -1.77. The SMILES string of the molecule is CNC1CCC(Oc2ncnc3sc4c(c23)C(CC(=O)NCC(C)O)CC4)CC1. The number of nitrogens with one attached hydrogen (secondary N) is 2. The predicted octanol–water partition coefficient (Wildman–Crippen LogP) is 2.52. The minimum atomic E-state index is -0.536. The number of rotatable bonds is 7. The van der Waals surface area contributed by atoms with Crippen LogP contribution in [0.15, 0.2) is 6.33 Å². The van der Waals surface area contributed by atoms with Gasteiger partial charge in [-0.25, -0.2) is 9.97 Å². The number of hydrogen-bond acceptors (Lipinski definition) is 7. The molecule has 2 unspecified atom stereocenters. The van der Waals surface area contributed by atoms with Gasteiger partial charge < -0.3 is 20.5 Å². The number of aromatic nitrogens is 2. The fourth-order valence-corrected chi connectivity index (χ4v) is 5.75. The van der Waals surface area contributed by atoms with Crippen molar-refractivity contribution < 1.29 is 14.6 Å². The van der Waals surface area contributed by atoms with E-state index >= 15 is 0 Å². The lowest BCUT2D eigenvalue weighted by Gasteiger charge is -2.28. The van der Waals surface area contributed by atoms with Gasteiger partial charge in [0.2, 0.25) is 11.8 Å². The van der Waals surface area contributed by atoms with E-state index < -0.39 is 6.10 Å². The van der Waals surface area contributed by atoms with Gasteiger partial charge in [0.25, 0.3) is 0 Å². The van der Waals surface area contributed by atoms with E-state index in [4.69, 9.17) is 4.74 Å². The summed E-state index contributed by atoms with van der Waals surface area (Å²) < 4.78 is 6.37. The van der Waals surface area contributed by atoms with Crippen molar-refractivity contribution in [1.29, 1.82) is 0 Å². The molecular formula is C21H30N4O3S. The first-order valence-electron chi connectivity index (χ1n) is 10.6. The number of aliphatic hydroxyl groups excluding tert-OH is 1. The van der Waals surface area contributed by atoms with Crippen molar-refractivity contribution in [3.63, 3.8) is 0 Å². The van der Waals surface area contributed by atoms with Crippen LogP contribution in [0.2, 0.25) is 0 Å². The van der Waals surface area contributed by atoms with E-state index in [0.29, 0.717) is 18.3 Å². The summed E-state index contributed by atoms with van der Waals surface area (Å²) in [6.07, 6.45) is 7.86. The maximum Gasteiger partial charge on any atom is 0.225 e. The molecule has 2 aliphatic carbocycles. The molecule has 0 aromatic carbocycles. The normalized spacial score (nSPS) is 25.0. The van der Waals surface area contributed by atoms with Gasteiger partial charge in [-0.15, -0.1) is 11.3 Å². The van der Waals surface area contributed by atoms with Crippen molar-refractivity contribution in [2.45, 2.75) is 76.0 Å². The highest BCUT2D eigenvalue weighted by molar-refractivity contribution is 7.19. The van der Waals surface area contributed by atoms with Crippen LogP contribution in [0.5, 0.6) is 5.88 Å². The van der Waals surface area contributed by atoms with Gasteiger partial charge in [0.15, 0.2) is 0 Å². The molecule has 1 fully saturated rings. The number of amides is 1. The minimum absolute atomic E-state index is 0.0206. The zero-order valence-corrected chi connectivity index (χ0v) is 17.9. The number of aryl methyl sites for hydroxylation is 1. The van der Waals surface area contributed by atoms with Crippen LogP contribution in [0, 0.1) is 0 Å². The molecule has 2 atom stereocenters. The Morgan fingerprint density at radius 2 is 2.10 bits per heavy atom. The van der Waals surface area contributed by atoms with Crippen LogP contribution in [0.1, 0.15) is 61.8 Å². The predicted molar refractivity (Wildman–Crippen MR) is 114 cm³/mol. The number of hydrogen-bond donors (Lipinski definition) is 3. The largest absolute Gasteiger partial charge is 0.474 e. The Labute approximate surface area is 175 Å². The molecule has 0 saturated heterocycles. The highest BCUT2D eigenvalue weighted by Gasteiger charge is 2.32. The molecule has 8 heteroatoms. The topological polar surface area (TPSA) is 96.4 Å². The molecule has 0 spiro atoms. The van der Waals surface area contributed by atoms with Crippen molar-refractivity contribution in [2.75, 3.05) is 13.6 Å². The molecule has 0 bridgehead atoms. The summed E-state index contributed by atoms with van der Waals surface area (Å²) in [5, 5.41) is 16.6. The van der Waals surface area contributed by atoms with E-state index in [1.807, 2.05) is 7.05 Å². The molecule has 1 amide bonds. The van der Waals surface area contributed by atoms with Crippen molar-refractivity contribution in [3.8, 4) is 5.88 Å². The van der Waals surface area contributed by atoms with Crippen molar-refractivity contribution in [3.05, 3.63) is 16.8 Å². The van der Waals surface area contributed by atoms with Crippen LogP contribution in [0.25, 0.3) is 10.2 Å². The first-order valence-corrected chi connectivity index (χ1v) is 11.4. The summed E-state index contributed by atoms with van der Waals surface area (Å²) in [7, 11) is 2.02. The monoisotopic (exact) mass is 418 g/mol. The van der Waals surface area contributed by atoms with Gasteiger partial charge in [0.1, 0.15) is 17.3 Å². The van der Waals surface area contributed by atoms with Crippen molar-refractivity contribution in [2.24, 2.45) is 0 Å². The molecule has 0 radical (unpaired) electrons. The number of carbonyl (C=O) groups excluding carboxylic acids is 1. The molecular weight excluding hydrogens is 388 g/mol. The third-order valence-corrected chi connectivity index (χ3v) is 7.26. The summed E-state index contributed by atoms with van der Waals surface area (Å²) in [6.45, 7) is 1.96. The van der Waals surface area contributed by atoms with E-state index in [9.17, 15) is 9.90 Å². The highest BCUT2D eigenvalue weighted by Crippen LogP contribution is 2.47. The van der Waals surface area contributed by atoms with E-state index in [2.05, 4.69) is 20.6 Å². The number of thiophene rings is 1. The van der Waals surface area contributed by atoms with Crippen LogP contribution in [0.3, 0.4) is 0 Å². The lowest BCUT2D eigenvalue weighted by atomic mass is 9.93. The standard InChI is InChI=1S/C21H30N4O3S/c1-12(26)10-23-17(27)9-13-3-8-16-18(13)19-20(24-11-25-21(19)29-16)28-15-6-4-14(22-2)5-7-15/h11-15,22,26H,3-10H2,1-2H3,(H,23,27). The lowest BCUT2D eigenvalue weighted by Crippen LogP contribution is -2.34. The number of ether oxygens (including phenoxy) is 1. The maximum absolute atomic E-state index is 12.3. The van der Waals surface area contributed by atoms with Gasteiger partial charge in [0.05, 0.1) is 11.5 Å². The second-order valence-corrected chi connectivity index (χ2v) is 9.35. The number of nitrogens with zero attached hydrogens (tertiary/aromatic N) is 2. The van der Waals surface area contributed by atoms with Crippen LogP contribution in [0.4, 0.5) is 0 Å². The van der Waals surface area contributed by atoms with E-state index in [-0.39, 0.29) is 24.5 Å². The zero-order valence-electron chi connectivity index (χ0n) is 17.1. The molecule has 2 aliphatic rings. The molecule has 3 N–H and O–H groups in total. The molecule has 2 aromatic heterocycles. The molecule has 2 aromatic rings. The fraction of sp³-hybridized carbons (Fsp3) is 0.667. The van der Waals surface area contributed by atoms with Gasteiger partial charge >= 0.3 is 0 Å². The number of carbonyl (C=O) groups is 1. The summed E-state index contributed by atoms with van der Waals surface area (Å²) in [6, 6.07) is 0.579. The lowest BCUT2D eigenvalue weighted by molar-refractivity contribution is -0.121. The first-order chi connectivity index (χ1) is 14.0. The van der Waals surface area contributed by atoms with Gasteiger partial charge in [-0.2, -0.15) is 0 Å². The average molecular weight is 419 g/mol. The fourth-order valence-electron chi connectivity index (χ4n) is 4.52. The Morgan fingerprint density at radius 1 is 1.31 bits per heavy atom. The molecule has 0 aliphatic heterocycles. The van der Waals surface area contributed by atoms with Gasteiger partial charge in [-0.3, -0.25) is 4.79 Å².